The maximum absolute atomic E-state index is 6.75. The van der Waals surface area contributed by atoms with Crippen LogP contribution in [0.5, 0.6) is 0 Å². The zero-order valence-electron chi connectivity index (χ0n) is 30.1. The molecule has 0 aliphatic heterocycles. The number of thiophene rings is 1. The Morgan fingerprint density at radius 2 is 1.04 bits per heavy atom. The fourth-order valence-corrected chi connectivity index (χ4v) is 9.16. The number of para-hydroxylation sites is 1. The van der Waals surface area contributed by atoms with Gasteiger partial charge < -0.3 is 4.42 Å². The first kappa shape index (κ1) is 32.2. The van der Waals surface area contributed by atoms with Gasteiger partial charge in [-0.15, -0.1) is 11.3 Å². The number of aromatic nitrogens is 3. The smallest absolute Gasteiger partial charge is 0.161 e. The Morgan fingerprint density at radius 1 is 0.411 bits per heavy atom. The van der Waals surface area contributed by atoms with Gasteiger partial charge in [-0.25, -0.2) is 9.97 Å². The lowest BCUT2D eigenvalue weighted by Crippen LogP contribution is -1.97. The monoisotopic (exact) mass is 733 g/mol. The normalized spacial score (nSPS) is 11.6. The third kappa shape index (κ3) is 5.40. The summed E-state index contributed by atoms with van der Waals surface area (Å²) in [6, 6.07) is 61.6. The second-order valence-electron chi connectivity index (χ2n) is 13.9. The molecule has 0 aliphatic carbocycles. The van der Waals surface area contributed by atoms with Gasteiger partial charge in [0.1, 0.15) is 11.2 Å². The van der Waals surface area contributed by atoms with Crippen molar-refractivity contribution < 1.29 is 4.42 Å². The largest absolute Gasteiger partial charge is 0.455 e. The Kier molecular flexibility index (Phi) is 7.64. The Morgan fingerprint density at radius 3 is 1.86 bits per heavy atom. The van der Waals surface area contributed by atoms with Crippen LogP contribution in [0.15, 0.2) is 193 Å². The third-order valence-electron chi connectivity index (χ3n) is 10.6. The summed E-state index contributed by atoms with van der Waals surface area (Å²) in [5.41, 5.74) is 13.0. The molecule has 4 heterocycles. The maximum atomic E-state index is 6.75. The third-order valence-corrected chi connectivity index (χ3v) is 11.8. The van der Waals surface area contributed by atoms with Crippen LogP contribution in [0, 0.1) is 0 Å². The van der Waals surface area contributed by atoms with E-state index in [2.05, 4.69) is 138 Å². The second-order valence-corrected chi connectivity index (χ2v) is 15.0. The molecular formula is C51H31N3OS. The van der Waals surface area contributed by atoms with Gasteiger partial charge in [-0.05, 0) is 58.7 Å². The van der Waals surface area contributed by atoms with Crippen molar-refractivity contribution in [1.82, 2.24) is 15.0 Å². The molecule has 4 aromatic heterocycles. The van der Waals surface area contributed by atoms with Gasteiger partial charge in [0, 0.05) is 71.2 Å². The molecule has 0 aliphatic rings. The highest BCUT2D eigenvalue weighted by Gasteiger charge is 2.20. The van der Waals surface area contributed by atoms with Crippen LogP contribution in [-0.2, 0) is 0 Å². The molecule has 7 aromatic carbocycles. The fraction of sp³-hybridized carbons (Fsp3) is 0. The summed E-state index contributed by atoms with van der Waals surface area (Å²) in [6.07, 6.45) is 3.68. The summed E-state index contributed by atoms with van der Waals surface area (Å²) >= 11 is 1.84. The summed E-state index contributed by atoms with van der Waals surface area (Å²) in [4.78, 5) is 14.7. The summed E-state index contributed by atoms with van der Waals surface area (Å²) in [5, 5.41) is 4.82. The Hall–Kier alpha value is -7.21. The van der Waals surface area contributed by atoms with Crippen molar-refractivity contribution in [1.29, 1.82) is 0 Å². The van der Waals surface area contributed by atoms with Crippen LogP contribution in [0.2, 0.25) is 0 Å². The predicted molar refractivity (Wildman–Crippen MR) is 233 cm³/mol. The lowest BCUT2D eigenvalue weighted by atomic mass is 9.92. The first-order chi connectivity index (χ1) is 27.8. The van der Waals surface area contributed by atoms with Crippen LogP contribution in [0.1, 0.15) is 0 Å². The van der Waals surface area contributed by atoms with Crippen LogP contribution in [0.25, 0.3) is 109 Å². The van der Waals surface area contributed by atoms with E-state index in [-0.39, 0.29) is 0 Å². The lowest BCUT2D eigenvalue weighted by molar-refractivity contribution is 0.670. The van der Waals surface area contributed by atoms with Crippen molar-refractivity contribution >= 4 is 53.4 Å². The highest BCUT2D eigenvalue weighted by molar-refractivity contribution is 7.25. The number of nitrogens with zero attached hydrogens (tertiary/aromatic N) is 3. The van der Waals surface area contributed by atoms with E-state index in [1.54, 1.807) is 6.20 Å². The number of pyridine rings is 1. The molecular weight excluding hydrogens is 703 g/mol. The van der Waals surface area contributed by atoms with Gasteiger partial charge >= 0.3 is 0 Å². The number of rotatable bonds is 6. The number of benzene rings is 7. The van der Waals surface area contributed by atoms with Crippen molar-refractivity contribution in [3.63, 3.8) is 0 Å². The van der Waals surface area contributed by atoms with E-state index in [9.17, 15) is 0 Å². The van der Waals surface area contributed by atoms with Gasteiger partial charge in [0.2, 0.25) is 0 Å². The SMILES string of the molecule is c1ccc(-c2cc(-c3ccc(-c4ccc(-c5cccc6sc7ccccc7c56)c5c4oc4ccccc45)cc3)nc(-c3ccccc3-c3cccnc3)n2)cc1. The minimum absolute atomic E-state index is 0.665. The molecule has 0 saturated heterocycles. The zero-order valence-corrected chi connectivity index (χ0v) is 30.9. The number of hydrogen-bond donors (Lipinski definition) is 0. The molecule has 4 nitrogen and oxygen atoms in total. The molecule has 0 radical (unpaired) electrons. The molecule has 56 heavy (non-hydrogen) atoms. The van der Waals surface area contributed by atoms with E-state index in [0.29, 0.717) is 5.82 Å². The number of furan rings is 1. The van der Waals surface area contributed by atoms with Crippen LogP contribution >= 0.6 is 11.3 Å². The molecule has 0 fully saturated rings. The number of hydrogen-bond acceptors (Lipinski definition) is 5. The van der Waals surface area contributed by atoms with Crippen LogP contribution in [0.4, 0.5) is 0 Å². The maximum Gasteiger partial charge on any atom is 0.161 e. The average Bonchev–Trinajstić information content (AvgIpc) is 3.86. The molecule has 0 atom stereocenters. The zero-order chi connectivity index (χ0) is 37.0. The Balaban J connectivity index is 1.05. The van der Waals surface area contributed by atoms with E-state index < -0.39 is 0 Å². The van der Waals surface area contributed by atoms with E-state index in [1.165, 1.54) is 31.3 Å². The average molecular weight is 734 g/mol. The first-order valence-electron chi connectivity index (χ1n) is 18.7. The van der Waals surface area contributed by atoms with Crippen molar-refractivity contribution in [2.45, 2.75) is 0 Å². The Labute approximate surface area is 327 Å². The standard InChI is InChI=1S/C51H31N3OS/c1-2-12-33(13-3-1)43-30-44(54-51(53-43)40-16-5-4-15-36(40)35-14-11-29-52-31-35)34-25-23-32(24-26-34)37-27-28-39(49-41-17-6-8-20-45(41)55-50(37)49)38-19-10-22-47-48(38)42-18-7-9-21-46(42)56-47/h1-31H. The van der Waals surface area contributed by atoms with Gasteiger partial charge in [0.05, 0.1) is 11.4 Å². The molecule has 262 valence electrons. The van der Waals surface area contributed by atoms with Gasteiger partial charge in [0.15, 0.2) is 5.82 Å². The van der Waals surface area contributed by atoms with Crippen molar-refractivity contribution in [2.24, 2.45) is 0 Å². The molecule has 0 N–H and O–H groups in total. The van der Waals surface area contributed by atoms with Crippen LogP contribution < -0.4 is 0 Å². The molecule has 0 unspecified atom stereocenters. The van der Waals surface area contributed by atoms with Crippen molar-refractivity contribution in [3.8, 4) is 67.3 Å². The molecule has 0 saturated carbocycles. The highest BCUT2D eigenvalue weighted by atomic mass is 32.1. The van der Waals surface area contributed by atoms with Crippen molar-refractivity contribution in [3.05, 3.63) is 188 Å². The molecule has 0 bridgehead atoms. The minimum atomic E-state index is 0.665. The molecule has 0 spiro atoms. The summed E-state index contributed by atoms with van der Waals surface area (Å²) in [5.74, 6) is 0.665. The summed E-state index contributed by atoms with van der Waals surface area (Å²) in [7, 11) is 0. The Bertz CT molecular complexity index is 3240. The van der Waals surface area contributed by atoms with Gasteiger partial charge in [-0.3, -0.25) is 4.98 Å². The minimum Gasteiger partial charge on any atom is -0.455 e. The first-order valence-corrected chi connectivity index (χ1v) is 19.5. The molecule has 5 heteroatoms. The molecule has 0 amide bonds. The van der Waals surface area contributed by atoms with Gasteiger partial charge in [0.25, 0.3) is 0 Å². The number of fused-ring (bicyclic) bond motifs is 6. The fourth-order valence-electron chi connectivity index (χ4n) is 8.02. The van der Waals surface area contributed by atoms with E-state index in [0.717, 1.165) is 72.3 Å². The van der Waals surface area contributed by atoms with Crippen molar-refractivity contribution in [2.75, 3.05) is 0 Å². The van der Waals surface area contributed by atoms with E-state index >= 15 is 0 Å². The predicted octanol–water partition coefficient (Wildman–Crippen LogP) is 14.1. The summed E-state index contributed by atoms with van der Waals surface area (Å²) in [6.45, 7) is 0. The quantitative estimate of drug-likeness (QED) is 0.171. The lowest BCUT2D eigenvalue weighted by Gasteiger charge is -2.13. The topological polar surface area (TPSA) is 51.8 Å². The molecule has 11 rings (SSSR count). The van der Waals surface area contributed by atoms with E-state index in [1.807, 2.05) is 60.0 Å². The van der Waals surface area contributed by atoms with Crippen LogP contribution in [-0.4, -0.2) is 15.0 Å². The van der Waals surface area contributed by atoms with E-state index in [4.69, 9.17) is 14.4 Å². The highest BCUT2D eigenvalue weighted by Crippen LogP contribution is 2.46. The van der Waals surface area contributed by atoms with Crippen LogP contribution in [0.3, 0.4) is 0 Å². The van der Waals surface area contributed by atoms with Gasteiger partial charge in [-0.2, -0.15) is 0 Å². The molecule has 11 aromatic rings. The summed E-state index contributed by atoms with van der Waals surface area (Å²) < 4.78 is 9.33. The van der Waals surface area contributed by atoms with Gasteiger partial charge in [-0.1, -0.05) is 140 Å². The second kappa shape index (κ2) is 13.3.